The van der Waals surface area contributed by atoms with Crippen molar-refractivity contribution in [2.75, 3.05) is 19.9 Å². The number of nitrogens with one attached hydrogen (secondary N) is 2. The number of fused-ring (bicyclic) bond motifs is 1. The minimum atomic E-state index is -0.120. The molecule has 0 unspecified atom stereocenters. The third kappa shape index (κ3) is 3.37. The molecule has 6 heteroatoms. The number of benzene rings is 1. The lowest BCUT2D eigenvalue weighted by Gasteiger charge is -2.38. The van der Waals surface area contributed by atoms with E-state index in [1.807, 2.05) is 6.07 Å². The molecule has 0 aromatic heterocycles. The zero-order chi connectivity index (χ0) is 18.0. The molecule has 2 heterocycles. The van der Waals surface area contributed by atoms with E-state index in [1.165, 1.54) is 24.8 Å². The van der Waals surface area contributed by atoms with Crippen molar-refractivity contribution in [2.45, 2.75) is 50.4 Å². The van der Waals surface area contributed by atoms with Crippen LogP contribution in [0.15, 0.2) is 18.2 Å². The van der Waals surface area contributed by atoms with Gasteiger partial charge in [-0.15, -0.1) is 0 Å². The fourth-order valence-electron chi connectivity index (χ4n) is 4.38. The van der Waals surface area contributed by atoms with Gasteiger partial charge in [-0.2, -0.15) is 0 Å². The predicted octanol–water partition coefficient (Wildman–Crippen LogP) is 2.26. The number of amides is 2. The Morgan fingerprint density at radius 2 is 2.00 bits per heavy atom. The number of rotatable bonds is 4. The van der Waals surface area contributed by atoms with Crippen LogP contribution in [0.3, 0.4) is 0 Å². The summed E-state index contributed by atoms with van der Waals surface area (Å²) in [4.78, 5) is 23.9. The van der Waals surface area contributed by atoms with Crippen LogP contribution in [0.25, 0.3) is 0 Å². The zero-order valence-corrected chi connectivity index (χ0v) is 15.0. The van der Waals surface area contributed by atoms with Crippen LogP contribution in [0.1, 0.15) is 50.5 Å². The van der Waals surface area contributed by atoms with Crippen LogP contribution in [-0.2, 0) is 15.0 Å². The SMILES string of the molecule is O=C1CC[C@H](C(=O)NCC2(c3ccc4c(c3)OCO4)CCCCC2)CN1. The number of carbonyl (C=O) groups is 2. The fourth-order valence-corrected chi connectivity index (χ4v) is 4.38. The maximum absolute atomic E-state index is 12.6. The molecule has 26 heavy (non-hydrogen) atoms. The van der Waals surface area contributed by atoms with Gasteiger partial charge < -0.3 is 20.1 Å². The van der Waals surface area contributed by atoms with E-state index in [2.05, 4.69) is 22.8 Å². The molecule has 2 fully saturated rings. The van der Waals surface area contributed by atoms with E-state index in [4.69, 9.17) is 9.47 Å². The Bertz CT molecular complexity index is 687. The lowest BCUT2D eigenvalue weighted by atomic mass is 9.69. The van der Waals surface area contributed by atoms with Gasteiger partial charge >= 0.3 is 0 Å². The maximum Gasteiger partial charge on any atom is 0.231 e. The largest absolute Gasteiger partial charge is 0.454 e. The Hall–Kier alpha value is -2.24. The second kappa shape index (κ2) is 7.17. The Labute approximate surface area is 153 Å². The van der Waals surface area contributed by atoms with Crippen molar-refractivity contribution in [1.29, 1.82) is 0 Å². The highest BCUT2D eigenvalue weighted by Gasteiger charge is 2.36. The van der Waals surface area contributed by atoms with Gasteiger partial charge in [-0.1, -0.05) is 25.3 Å². The zero-order valence-electron chi connectivity index (χ0n) is 15.0. The highest BCUT2D eigenvalue weighted by Crippen LogP contribution is 2.43. The highest BCUT2D eigenvalue weighted by atomic mass is 16.7. The van der Waals surface area contributed by atoms with E-state index in [0.29, 0.717) is 25.9 Å². The Kier molecular flexibility index (Phi) is 4.74. The molecule has 2 N–H and O–H groups in total. The van der Waals surface area contributed by atoms with Gasteiger partial charge in [0.25, 0.3) is 0 Å². The van der Waals surface area contributed by atoms with Gasteiger partial charge in [0, 0.05) is 24.9 Å². The van der Waals surface area contributed by atoms with Gasteiger partial charge in [0.15, 0.2) is 11.5 Å². The molecule has 1 saturated carbocycles. The topological polar surface area (TPSA) is 76.7 Å². The highest BCUT2D eigenvalue weighted by molar-refractivity contribution is 5.83. The van der Waals surface area contributed by atoms with Crippen LogP contribution in [-0.4, -0.2) is 31.7 Å². The molecule has 0 spiro atoms. The quantitative estimate of drug-likeness (QED) is 0.866. The van der Waals surface area contributed by atoms with Crippen LogP contribution in [0.4, 0.5) is 0 Å². The van der Waals surface area contributed by atoms with Crippen molar-refractivity contribution in [3.63, 3.8) is 0 Å². The van der Waals surface area contributed by atoms with Crippen LogP contribution in [0, 0.1) is 5.92 Å². The lowest BCUT2D eigenvalue weighted by Crippen LogP contribution is -2.47. The standard InChI is InChI=1S/C20H26N2O4/c23-18-7-4-14(11-21-18)19(24)22-12-20(8-2-1-3-9-20)15-5-6-16-17(10-15)26-13-25-16/h5-6,10,14H,1-4,7-9,11-13H2,(H,21,23)(H,22,24)/t14-/m0/s1. The summed E-state index contributed by atoms with van der Waals surface area (Å²) in [6, 6.07) is 6.18. The van der Waals surface area contributed by atoms with Gasteiger partial charge in [0.2, 0.25) is 18.6 Å². The second-order valence-corrected chi connectivity index (χ2v) is 7.67. The summed E-state index contributed by atoms with van der Waals surface area (Å²) in [5, 5.41) is 5.97. The van der Waals surface area contributed by atoms with Gasteiger partial charge in [-0.3, -0.25) is 9.59 Å². The first-order chi connectivity index (χ1) is 12.7. The van der Waals surface area contributed by atoms with E-state index in [1.54, 1.807) is 0 Å². The van der Waals surface area contributed by atoms with Crippen molar-refractivity contribution in [3.05, 3.63) is 23.8 Å². The van der Waals surface area contributed by atoms with Gasteiger partial charge in [0.05, 0.1) is 5.92 Å². The molecule has 140 valence electrons. The van der Waals surface area contributed by atoms with E-state index in [9.17, 15) is 9.59 Å². The molecular formula is C20H26N2O4. The predicted molar refractivity (Wildman–Crippen MR) is 96.1 cm³/mol. The summed E-state index contributed by atoms with van der Waals surface area (Å²) in [6.45, 7) is 1.35. The lowest BCUT2D eigenvalue weighted by molar-refractivity contribution is -0.129. The van der Waals surface area contributed by atoms with Crippen molar-refractivity contribution >= 4 is 11.8 Å². The second-order valence-electron chi connectivity index (χ2n) is 7.67. The smallest absolute Gasteiger partial charge is 0.231 e. The molecule has 3 aliphatic rings. The van der Waals surface area contributed by atoms with Crippen LogP contribution in [0.2, 0.25) is 0 Å². The first-order valence-corrected chi connectivity index (χ1v) is 9.61. The Morgan fingerprint density at radius 3 is 2.77 bits per heavy atom. The molecule has 0 radical (unpaired) electrons. The molecule has 1 aromatic rings. The van der Waals surface area contributed by atoms with E-state index < -0.39 is 0 Å². The fraction of sp³-hybridized carbons (Fsp3) is 0.600. The van der Waals surface area contributed by atoms with E-state index >= 15 is 0 Å². The van der Waals surface area contributed by atoms with Crippen LogP contribution in [0.5, 0.6) is 11.5 Å². The number of hydrogen-bond donors (Lipinski definition) is 2. The molecule has 2 amide bonds. The van der Waals surface area contributed by atoms with Gasteiger partial charge in [0.1, 0.15) is 0 Å². The molecular weight excluding hydrogens is 332 g/mol. The summed E-state index contributed by atoms with van der Waals surface area (Å²) < 4.78 is 11.0. The number of carbonyl (C=O) groups excluding carboxylic acids is 2. The van der Waals surface area contributed by atoms with Crippen molar-refractivity contribution in [2.24, 2.45) is 5.92 Å². The van der Waals surface area contributed by atoms with E-state index in [-0.39, 0.29) is 29.9 Å². The minimum Gasteiger partial charge on any atom is -0.454 e. The first-order valence-electron chi connectivity index (χ1n) is 9.61. The van der Waals surface area contributed by atoms with Crippen LogP contribution >= 0.6 is 0 Å². The molecule has 1 aromatic carbocycles. The summed E-state index contributed by atoms with van der Waals surface area (Å²) in [7, 11) is 0. The molecule has 0 bridgehead atoms. The number of ether oxygens (including phenoxy) is 2. The molecule has 4 rings (SSSR count). The summed E-state index contributed by atoms with van der Waals surface area (Å²) in [6.07, 6.45) is 6.78. The normalized spacial score (nSPS) is 24.0. The number of hydrogen-bond acceptors (Lipinski definition) is 4. The molecule has 1 atom stereocenters. The third-order valence-corrected chi connectivity index (χ3v) is 6.03. The van der Waals surface area contributed by atoms with E-state index in [0.717, 1.165) is 24.3 Å². The summed E-state index contributed by atoms with van der Waals surface area (Å²) in [5.41, 5.74) is 1.17. The van der Waals surface area contributed by atoms with Crippen molar-refractivity contribution in [3.8, 4) is 11.5 Å². The Balaban J connectivity index is 1.48. The molecule has 1 saturated heterocycles. The van der Waals surface area contributed by atoms with Gasteiger partial charge in [-0.05, 0) is 37.0 Å². The van der Waals surface area contributed by atoms with Crippen LogP contribution < -0.4 is 20.1 Å². The summed E-state index contributed by atoms with van der Waals surface area (Å²) >= 11 is 0. The summed E-state index contributed by atoms with van der Waals surface area (Å²) in [5.74, 6) is 1.56. The first kappa shape index (κ1) is 17.2. The van der Waals surface area contributed by atoms with Crippen molar-refractivity contribution in [1.82, 2.24) is 10.6 Å². The average Bonchev–Trinajstić information content (AvgIpc) is 3.15. The minimum absolute atomic E-state index is 0.0400. The number of piperidine rings is 1. The average molecular weight is 358 g/mol. The molecule has 6 nitrogen and oxygen atoms in total. The monoisotopic (exact) mass is 358 g/mol. The maximum atomic E-state index is 12.6. The molecule has 1 aliphatic carbocycles. The Morgan fingerprint density at radius 1 is 1.19 bits per heavy atom. The van der Waals surface area contributed by atoms with Crippen molar-refractivity contribution < 1.29 is 19.1 Å². The molecule has 2 aliphatic heterocycles. The third-order valence-electron chi connectivity index (χ3n) is 6.03. The van der Waals surface area contributed by atoms with Gasteiger partial charge in [-0.25, -0.2) is 0 Å².